The van der Waals surface area contributed by atoms with Crippen LogP contribution in [0, 0.1) is 11.3 Å². The van der Waals surface area contributed by atoms with Crippen LogP contribution in [0.2, 0.25) is 0 Å². The van der Waals surface area contributed by atoms with Gasteiger partial charge in [-0.15, -0.1) is 0 Å². The maximum Gasteiger partial charge on any atom is 0.402 e. The van der Waals surface area contributed by atoms with E-state index in [0.29, 0.717) is 0 Å². The second-order valence-corrected chi connectivity index (χ2v) is 4.96. The standard InChI is InChI=1S/C10H17F6N/c1-5-17-7(8(2,3)4)6(9(11,12)13)10(14,15)16/h6-7,17H,5H2,1-4H3. The Labute approximate surface area is 96.6 Å². The van der Waals surface area contributed by atoms with E-state index in [1.807, 2.05) is 0 Å². The molecule has 0 aliphatic rings. The first kappa shape index (κ1) is 16.5. The Kier molecular flexibility index (Phi) is 4.90. The average molecular weight is 265 g/mol. The summed E-state index contributed by atoms with van der Waals surface area (Å²) in [5.74, 6) is -3.35. The zero-order chi connectivity index (χ0) is 14.1. The summed E-state index contributed by atoms with van der Waals surface area (Å²) in [6, 6.07) is -1.70. The molecule has 0 bridgehead atoms. The highest BCUT2D eigenvalue weighted by atomic mass is 19.4. The third kappa shape index (κ3) is 4.73. The molecule has 104 valence electrons. The molecule has 0 heterocycles. The van der Waals surface area contributed by atoms with Crippen molar-refractivity contribution in [3.05, 3.63) is 0 Å². The molecule has 17 heavy (non-hydrogen) atoms. The summed E-state index contributed by atoms with van der Waals surface area (Å²) < 4.78 is 75.4. The predicted molar refractivity (Wildman–Crippen MR) is 52.5 cm³/mol. The molecule has 1 N–H and O–H groups in total. The van der Waals surface area contributed by atoms with Crippen LogP contribution in [0.4, 0.5) is 26.3 Å². The Bertz CT molecular complexity index is 223. The molecule has 0 saturated carbocycles. The van der Waals surface area contributed by atoms with Crippen molar-refractivity contribution in [2.24, 2.45) is 11.3 Å². The van der Waals surface area contributed by atoms with Crippen LogP contribution < -0.4 is 5.32 Å². The molecule has 0 aromatic carbocycles. The van der Waals surface area contributed by atoms with E-state index in [9.17, 15) is 26.3 Å². The SMILES string of the molecule is CCNC(C(C(F)(F)F)C(F)(F)F)C(C)(C)C. The number of hydrogen-bond donors (Lipinski definition) is 1. The van der Waals surface area contributed by atoms with Gasteiger partial charge >= 0.3 is 12.4 Å². The number of rotatable bonds is 3. The average Bonchev–Trinajstić information content (AvgIpc) is 1.96. The summed E-state index contributed by atoms with van der Waals surface area (Å²) >= 11 is 0. The van der Waals surface area contributed by atoms with Gasteiger partial charge in [0, 0.05) is 6.04 Å². The molecule has 0 amide bonds. The van der Waals surface area contributed by atoms with Crippen LogP contribution in [-0.4, -0.2) is 24.9 Å². The number of hydrogen-bond acceptors (Lipinski definition) is 1. The zero-order valence-corrected chi connectivity index (χ0v) is 10.1. The maximum atomic E-state index is 12.6. The Morgan fingerprint density at radius 1 is 0.882 bits per heavy atom. The lowest BCUT2D eigenvalue weighted by Crippen LogP contribution is -2.56. The zero-order valence-electron chi connectivity index (χ0n) is 10.1. The Morgan fingerprint density at radius 2 is 1.24 bits per heavy atom. The maximum absolute atomic E-state index is 12.6. The van der Waals surface area contributed by atoms with Crippen LogP contribution in [0.5, 0.6) is 0 Å². The van der Waals surface area contributed by atoms with Crippen molar-refractivity contribution in [1.82, 2.24) is 5.32 Å². The van der Waals surface area contributed by atoms with Crippen LogP contribution in [0.25, 0.3) is 0 Å². The van der Waals surface area contributed by atoms with Crippen molar-refractivity contribution in [2.75, 3.05) is 6.54 Å². The summed E-state index contributed by atoms with van der Waals surface area (Å²) in [7, 11) is 0. The molecule has 0 radical (unpaired) electrons. The van der Waals surface area contributed by atoms with Gasteiger partial charge in [-0.2, -0.15) is 26.3 Å². The Hall–Kier alpha value is -0.460. The van der Waals surface area contributed by atoms with Crippen LogP contribution >= 0.6 is 0 Å². The second kappa shape index (κ2) is 5.04. The molecule has 0 spiro atoms. The quantitative estimate of drug-likeness (QED) is 0.766. The fourth-order valence-electron chi connectivity index (χ4n) is 1.71. The minimum absolute atomic E-state index is 0.0462. The molecule has 1 unspecified atom stereocenters. The fraction of sp³-hybridized carbons (Fsp3) is 1.00. The van der Waals surface area contributed by atoms with Gasteiger partial charge in [-0.25, -0.2) is 0 Å². The van der Waals surface area contributed by atoms with Crippen molar-refractivity contribution >= 4 is 0 Å². The van der Waals surface area contributed by atoms with Crippen LogP contribution in [-0.2, 0) is 0 Å². The van der Waals surface area contributed by atoms with Crippen molar-refractivity contribution in [1.29, 1.82) is 0 Å². The molecule has 0 aliphatic heterocycles. The first-order chi connectivity index (χ1) is 7.31. The lowest BCUT2D eigenvalue weighted by molar-refractivity contribution is -0.298. The predicted octanol–water partition coefficient (Wildman–Crippen LogP) is 3.75. The molecule has 0 aromatic rings. The van der Waals surface area contributed by atoms with Crippen molar-refractivity contribution < 1.29 is 26.3 Å². The molecule has 0 saturated heterocycles. The highest BCUT2D eigenvalue weighted by molar-refractivity contribution is 4.93. The number of nitrogens with one attached hydrogen (secondary N) is 1. The van der Waals surface area contributed by atoms with Gasteiger partial charge in [0.25, 0.3) is 0 Å². The van der Waals surface area contributed by atoms with Crippen LogP contribution in [0.1, 0.15) is 27.7 Å². The highest BCUT2D eigenvalue weighted by Gasteiger charge is 2.62. The minimum atomic E-state index is -5.31. The first-order valence-electron chi connectivity index (χ1n) is 5.18. The minimum Gasteiger partial charge on any atom is -0.313 e. The summed E-state index contributed by atoms with van der Waals surface area (Å²) in [6.07, 6.45) is -10.6. The lowest BCUT2D eigenvalue weighted by atomic mass is 9.78. The molecule has 0 aromatic heterocycles. The van der Waals surface area contributed by atoms with Gasteiger partial charge in [0.1, 0.15) is 0 Å². The van der Waals surface area contributed by atoms with E-state index in [-0.39, 0.29) is 6.54 Å². The summed E-state index contributed by atoms with van der Waals surface area (Å²) in [5, 5.41) is 2.30. The van der Waals surface area contributed by atoms with E-state index in [2.05, 4.69) is 5.32 Å². The monoisotopic (exact) mass is 265 g/mol. The van der Waals surface area contributed by atoms with Gasteiger partial charge in [0.2, 0.25) is 0 Å². The van der Waals surface area contributed by atoms with E-state index >= 15 is 0 Å². The normalized spacial score (nSPS) is 16.4. The lowest BCUT2D eigenvalue weighted by Gasteiger charge is -2.39. The molecule has 0 aliphatic carbocycles. The Balaban J connectivity index is 5.40. The second-order valence-electron chi connectivity index (χ2n) is 4.96. The molecular formula is C10H17F6N. The van der Waals surface area contributed by atoms with E-state index in [0.717, 1.165) is 0 Å². The number of halogens is 6. The van der Waals surface area contributed by atoms with Gasteiger partial charge < -0.3 is 5.32 Å². The summed E-state index contributed by atoms with van der Waals surface area (Å²) in [6.45, 7) is 5.58. The first-order valence-corrected chi connectivity index (χ1v) is 5.18. The van der Waals surface area contributed by atoms with Crippen LogP contribution in [0.3, 0.4) is 0 Å². The van der Waals surface area contributed by atoms with Gasteiger partial charge in [0.05, 0.1) is 0 Å². The van der Waals surface area contributed by atoms with E-state index in [4.69, 9.17) is 0 Å². The van der Waals surface area contributed by atoms with Crippen molar-refractivity contribution in [3.63, 3.8) is 0 Å². The largest absolute Gasteiger partial charge is 0.402 e. The van der Waals surface area contributed by atoms with Crippen molar-refractivity contribution in [2.45, 2.75) is 46.1 Å². The summed E-state index contributed by atoms with van der Waals surface area (Å²) in [5.41, 5.74) is -1.15. The van der Waals surface area contributed by atoms with Crippen LogP contribution in [0.15, 0.2) is 0 Å². The van der Waals surface area contributed by atoms with Gasteiger partial charge in [-0.3, -0.25) is 0 Å². The molecule has 7 heteroatoms. The van der Waals surface area contributed by atoms with Crippen molar-refractivity contribution in [3.8, 4) is 0 Å². The smallest absolute Gasteiger partial charge is 0.313 e. The fourth-order valence-corrected chi connectivity index (χ4v) is 1.71. The van der Waals surface area contributed by atoms with E-state index < -0.39 is 29.7 Å². The summed E-state index contributed by atoms with van der Waals surface area (Å²) in [4.78, 5) is 0. The van der Waals surface area contributed by atoms with E-state index in [1.165, 1.54) is 27.7 Å². The van der Waals surface area contributed by atoms with Gasteiger partial charge in [0.15, 0.2) is 5.92 Å². The molecule has 1 nitrogen and oxygen atoms in total. The molecular weight excluding hydrogens is 248 g/mol. The molecule has 1 atom stereocenters. The van der Waals surface area contributed by atoms with Gasteiger partial charge in [-0.1, -0.05) is 27.7 Å². The van der Waals surface area contributed by atoms with Gasteiger partial charge in [-0.05, 0) is 12.0 Å². The molecule has 0 rings (SSSR count). The third-order valence-electron chi connectivity index (χ3n) is 2.40. The number of alkyl halides is 6. The van der Waals surface area contributed by atoms with E-state index in [1.54, 1.807) is 0 Å². The Morgan fingerprint density at radius 3 is 1.41 bits per heavy atom. The molecule has 0 fully saturated rings. The third-order valence-corrected chi connectivity index (χ3v) is 2.40. The highest BCUT2D eigenvalue weighted by Crippen LogP contribution is 2.45. The topological polar surface area (TPSA) is 12.0 Å².